The molecule has 3 N–H and O–H groups in total. The predicted octanol–water partition coefficient (Wildman–Crippen LogP) is 2.29. The van der Waals surface area contributed by atoms with Crippen LogP contribution in [0.5, 0.6) is 11.6 Å². The summed E-state index contributed by atoms with van der Waals surface area (Å²) in [5, 5.41) is 3.21. The molecule has 19 heavy (non-hydrogen) atoms. The van der Waals surface area contributed by atoms with Gasteiger partial charge in [-0.15, -0.1) is 0 Å². The van der Waals surface area contributed by atoms with E-state index in [0.29, 0.717) is 23.9 Å². The first-order valence-electron chi connectivity index (χ1n) is 5.90. The molecule has 5 nitrogen and oxygen atoms in total. The summed E-state index contributed by atoms with van der Waals surface area (Å²) in [5.41, 5.74) is 7.34. The Labute approximate surface area is 112 Å². The van der Waals surface area contributed by atoms with Gasteiger partial charge in [-0.3, -0.25) is 0 Å². The van der Waals surface area contributed by atoms with Crippen LogP contribution >= 0.6 is 0 Å². The summed E-state index contributed by atoms with van der Waals surface area (Å²) in [5.74, 6) is 1.98. The van der Waals surface area contributed by atoms with Gasteiger partial charge >= 0.3 is 0 Å². The summed E-state index contributed by atoms with van der Waals surface area (Å²) >= 11 is 0. The second-order valence-corrected chi connectivity index (χ2v) is 4.00. The van der Waals surface area contributed by atoms with Crippen molar-refractivity contribution in [3.63, 3.8) is 0 Å². The molecule has 0 unspecified atom stereocenters. The molecule has 0 spiro atoms. The molecule has 100 valence electrons. The number of nitrogens with two attached hydrogens (primary N) is 1. The van der Waals surface area contributed by atoms with Gasteiger partial charge in [-0.05, 0) is 29.8 Å². The molecule has 0 bridgehead atoms. The van der Waals surface area contributed by atoms with Crippen molar-refractivity contribution in [2.24, 2.45) is 0 Å². The molecular formula is C14H17N3O2. The van der Waals surface area contributed by atoms with E-state index in [-0.39, 0.29) is 0 Å². The molecule has 0 saturated heterocycles. The molecule has 0 fully saturated rings. The van der Waals surface area contributed by atoms with Gasteiger partial charge in [0.2, 0.25) is 5.88 Å². The van der Waals surface area contributed by atoms with E-state index < -0.39 is 0 Å². The van der Waals surface area contributed by atoms with Crippen LogP contribution in [0, 0.1) is 0 Å². The number of nitrogen functional groups attached to an aromatic ring is 1. The Hall–Kier alpha value is -2.43. The Kier molecular flexibility index (Phi) is 4.07. The number of hydrogen-bond donors (Lipinski definition) is 2. The molecule has 2 aromatic rings. The molecule has 1 heterocycles. The molecular weight excluding hydrogens is 242 g/mol. The molecule has 5 heteroatoms. The van der Waals surface area contributed by atoms with Crippen molar-refractivity contribution in [3.05, 3.63) is 42.0 Å². The number of anilines is 2. The molecule has 0 aliphatic rings. The van der Waals surface area contributed by atoms with Gasteiger partial charge in [-0.2, -0.15) is 4.98 Å². The standard InChI is InChI=1S/C14H17N3O2/c1-18-11-5-3-4-10(8-11)9-16-13-7-6-12(15)14(17-13)19-2/h3-8H,9,15H2,1-2H3,(H,16,17). The fourth-order valence-electron chi connectivity index (χ4n) is 1.69. The normalized spacial score (nSPS) is 10.0. The summed E-state index contributed by atoms with van der Waals surface area (Å²) in [4.78, 5) is 4.26. The van der Waals surface area contributed by atoms with Crippen molar-refractivity contribution < 1.29 is 9.47 Å². The summed E-state index contributed by atoms with van der Waals surface area (Å²) in [6, 6.07) is 11.4. The van der Waals surface area contributed by atoms with Crippen LogP contribution in [0.2, 0.25) is 0 Å². The topological polar surface area (TPSA) is 69.4 Å². The van der Waals surface area contributed by atoms with E-state index in [4.69, 9.17) is 15.2 Å². The summed E-state index contributed by atoms with van der Waals surface area (Å²) < 4.78 is 10.3. The summed E-state index contributed by atoms with van der Waals surface area (Å²) in [6.45, 7) is 0.650. The van der Waals surface area contributed by atoms with Crippen LogP contribution in [0.15, 0.2) is 36.4 Å². The van der Waals surface area contributed by atoms with Gasteiger partial charge in [0.15, 0.2) is 0 Å². The Morgan fingerprint density at radius 2 is 2.00 bits per heavy atom. The number of benzene rings is 1. The zero-order valence-corrected chi connectivity index (χ0v) is 11.0. The van der Waals surface area contributed by atoms with Gasteiger partial charge in [0, 0.05) is 6.54 Å². The molecule has 0 aliphatic carbocycles. The lowest BCUT2D eigenvalue weighted by molar-refractivity contribution is 0.401. The van der Waals surface area contributed by atoms with E-state index in [2.05, 4.69) is 10.3 Å². The lowest BCUT2D eigenvalue weighted by Gasteiger charge is -2.09. The Morgan fingerprint density at radius 1 is 1.16 bits per heavy atom. The third-order valence-corrected chi connectivity index (χ3v) is 2.69. The van der Waals surface area contributed by atoms with E-state index in [9.17, 15) is 0 Å². The van der Waals surface area contributed by atoms with Crippen molar-refractivity contribution in [2.75, 3.05) is 25.3 Å². The first-order chi connectivity index (χ1) is 9.22. The average Bonchev–Trinajstić information content (AvgIpc) is 2.46. The van der Waals surface area contributed by atoms with Crippen LogP contribution in [-0.2, 0) is 6.54 Å². The lowest BCUT2D eigenvalue weighted by Crippen LogP contribution is -2.03. The van der Waals surface area contributed by atoms with E-state index in [1.165, 1.54) is 0 Å². The van der Waals surface area contributed by atoms with E-state index >= 15 is 0 Å². The van der Waals surface area contributed by atoms with Crippen LogP contribution < -0.4 is 20.5 Å². The first-order valence-corrected chi connectivity index (χ1v) is 5.90. The highest BCUT2D eigenvalue weighted by molar-refractivity contribution is 5.53. The zero-order valence-electron chi connectivity index (χ0n) is 11.0. The Morgan fingerprint density at radius 3 is 2.74 bits per heavy atom. The smallest absolute Gasteiger partial charge is 0.238 e. The van der Waals surface area contributed by atoms with Gasteiger partial charge < -0.3 is 20.5 Å². The third kappa shape index (κ3) is 3.28. The number of methoxy groups -OCH3 is 2. The average molecular weight is 259 g/mol. The molecule has 0 saturated carbocycles. The number of nitrogens with one attached hydrogen (secondary N) is 1. The number of hydrogen-bond acceptors (Lipinski definition) is 5. The monoisotopic (exact) mass is 259 g/mol. The maximum Gasteiger partial charge on any atom is 0.238 e. The number of rotatable bonds is 5. The van der Waals surface area contributed by atoms with Crippen molar-refractivity contribution in [2.45, 2.75) is 6.54 Å². The highest BCUT2D eigenvalue weighted by Crippen LogP contribution is 2.21. The highest BCUT2D eigenvalue weighted by atomic mass is 16.5. The summed E-state index contributed by atoms with van der Waals surface area (Å²) in [7, 11) is 3.20. The summed E-state index contributed by atoms with van der Waals surface area (Å²) in [6.07, 6.45) is 0. The van der Waals surface area contributed by atoms with Crippen LogP contribution in [0.25, 0.3) is 0 Å². The molecule has 0 amide bonds. The molecule has 0 atom stereocenters. The minimum absolute atomic E-state index is 0.427. The van der Waals surface area contributed by atoms with Gasteiger partial charge in [0.25, 0.3) is 0 Å². The lowest BCUT2D eigenvalue weighted by atomic mass is 10.2. The Bertz CT molecular complexity index is 558. The minimum Gasteiger partial charge on any atom is -0.497 e. The van der Waals surface area contributed by atoms with E-state index in [1.54, 1.807) is 20.3 Å². The van der Waals surface area contributed by atoms with Crippen LogP contribution in [0.4, 0.5) is 11.5 Å². The molecule has 0 aliphatic heterocycles. The minimum atomic E-state index is 0.427. The van der Waals surface area contributed by atoms with Crippen molar-refractivity contribution in [3.8, 4) is 11.6 Å². The second-order valence-electron chi connectivity index (χ2n) is 4.00. The van der Waals surface area contributed by atoms with E-state index in [0.717, 1.165) is 11.3 Å². The maximum atomic E-state index is 5.71. The van der Waals surface area contributed by atoms with Gasteiger partial charge in [0.05, 0.1) is 19.9 Å². The van der Waals surface area contributed by atoms with Gasteiger partial charge in [-0.25, -0.2) is 0 Å². The predicted molar refractivity (Wildman–Crippen MR) is 75.5 cm³/mol. The number of nitrogens with zero attached hydrogens (tertiary/aromatic N) is 1. The maximum absolute atomic E-state index is 5.71. The zero-order chi connectivity index (χ0) is 13.7. The number of pyridine rings is 1. The van der Waals surface area contributed by atoms with Gasteiger partial charge in [0.1, 0.15) is 11.6 Å². The fraction of sp³-hybridized carbons (Fsp3) is 0.214. The highest BCUT2D eigenvalue weighted by Gasteiger charge is 2.03. The Balaban J connectivity index is 2.05. The SMILES string of the molecule is COc1cccc(CNc2ccc(N)c(OC)n2)c1. The second kappa shape index (κ2) is 5.95. The van der Waals surface area contributed by atoms with Crippen molar-refractivity contribution >= 4 is 11.5 Å². The molecule has 1 aromatic carbocycles. The van der Waals surface area contributed by atoms with Gasteiger partial charge in [-0.1, -0.05) is 12.1 Å². The number of ether oxygens (including phenoxy) is 2. The molecule has 0 radical (unpaired) electrons. The van der Waals surface area contributed by atoms with E-state index in [1.807, 2.05) is 30.3 Å². The van der Waals surface area contributed by atoms with Crippen molar-refractivity contribution in [1.29, 1.82) is 0 Å². The van der Waals surface area contributed by atoms with Crippen molar-refractivity contribution in [1.82, 2.24) is 4.98 Å². The van der Waals surface area contributed by atoms with Crippen LogP contribution in [-0.4, -0.2) is 19.2 Å². The van der Waals surface area contributed by atoms with Crippen LogP contribution in [0.1, 0.15) is 5.56 Å². The molecule has 2 rings (SSSR count). The largest absolute Gasteiger partial charge is 0.497 e. The fourth-order valence-corrected chi connectivity index (χ4v) is 1.69. The quantitative estimate of drug-likeness (QED) is 0.862. The first kappa shape index (κ1) is 13.0. The van der Waals surface area contributed by atoms with Crippen LogP contribution in [0.3, 0.4) is 0 Å². The third-order valence-electron chi connectivity index (χ3n) is 2.69. The molecule has 1 aromatic heterocycles. The number of aromatic nitrogens is 1.